The van der Waals surface area contributed by atoms with Crippen LogP contribution >= 0.6 is 0 Å². The van der Waals surface area contributed by atoms with Gasteiger partial charge in [-0.2, -0.15) is 0 Å². The molecule has 2 N–H and O–H groups in total. The fourth-order valence-corrected chi connectivity index (χ4v) is 4.93. The molecule has 2 aliphatic carbocycles. The zero-order valence-electron chi connectivity index (χ0n) is 14.4. The van der Waals surface area contributed by atoms with Crippen LogP contribution in [0.15, 0.2) is 30.5 Å². The number of carbonyl (C=O) groups excluding carboxylic acids is 1. The Balaban J connectivity index is 1.52. The SMILES string of the molecule is O=C(Nc1c2c(cc3c1CCC3)CCC2)NS(=O)(=O)Cc1ccccn1. The van der Waals surface area contributed by atoms with E-state index in [1.807, 2.05) is 0 Å². The van der Waals surface area contributed by atoms with Gasteiger partial charge in [-0.15, -0.1) is 0 Å². The summed E-state index contributed by atoms with van der Waals surface area (Å²) in [5, 5.41) is 2.83. The summed E-state index contributed by atoms with van der Waals surface area (Å²) in [6.45, 7) is 0. The first kappa shape index (κ1) is 17.0. The maximum Gasteiger partial charge on any atom is 0.332 e. The Bertz CT molecular complexity index is 923. The third-order valence-corrected chi connectivity index (χ3v) is 6.20. The van der Waals surface area contributed by atoms with Crippen LogP contribution in [-0.2, 0) is 41.5 Å². The van der Waals surface area contributed by atoms with Gasteiger partial charge in [0.05, 0.1) is 5.69 Å². The molecule has 0 saturated carbocycles. The Morgan fingerprint density at radius 3 is 2.35 bits per heavy atom. The molecule has 0 unspecified atom stereocenters. The maximum absolute atomic E-state index is 12.4. The molecule has 1 aromatic carbocycles. The van der Waals surface area contributed by atoms with Crippen LogP contribution in [0, 0.1) is 0 Å². The van der Waals surface area contributed by atoms with Crippen molar-refractivity contribution in [1.29, 1.82) is 0 Å². The summed E-state index contributed by atoms with van der Waals surface area (Å²) < 4.78 is 26.6. The number of pyridine rings is 1. The lowest BCUT2D eigenvalue weighted by molar-refractivity contribution is 0.256. The number of aryl methyl sites for hydroxylation is 2. The number of nitrogens with one attached hydrogen (secondary N) is 2. The minimum Gasteiger partial charge on any atom is -0.307 e. The van der Waals surface area contributed by atoms with Crippen LogP contribution in [-0.4, -0.2) is 19.4 Å². The molecule has 2 aliphatic rings. The highest BCUT2D eigenvalue weighted by atomic mass is 32.2. The Hall–Kier alpha value is -2.41. The molecule has 7 heteroatoms. The molecule has 26 heavy (non-hydrogen) atoms. The highest BCUT2D eigenvalue weighted by Crippen LogP contribution is 2.38. The monoisotopic (exact) mass is 371 g/mol. The lowest BCUT2D eigenvalue weighted by Gasteiger charge is -2.16. The van der Waals surface area contributed by atoms with Gasteiger partial charge in [0.2, 0.25) is 10.0 Å². The van der Waals surface area contributed by atoms with Crippen LogP contribution in [0.1, 0.15) is 40.8 Å². The number of carbonyl (C=O) groups is 1. The number of rotatable bonds is 4. The third kappa shape index (κ3) is 3.44. The Morgan fingerprint density at radius 1 is 1.04 bits per heavy atom. The van der Waals surface area contributed by atoms with E-state index in [9.17, 15) is 13.2 Å². The van der Waals surface area contributed by atoms with Gasteiger partial charge >= 0.3 is 6.03 Å². The summed E-state index contributed by atoms with van der Waals surface area (Å²) in [6.07, 6.45) is 7.59. The van der Waals surface area contributed by atoms with E-state index < -0.39 is 16.1 Å². The van der Waals surface area contributed by atoms with Gasteiger partial charge in [-0.05, 0) is 72.9 Å². The van der Waals surface area contributed by atoms with Gasteiger partial charge in [-0.3, -0.25) is 4.98 Å². The van der Waals surface area contributed by atoms with E-state index >= 15 is 0 Å². The van der Waals surface area contributed by atoms with Gasteiger partial charge in [-0.25, -0.2) is 17.9 Å². The predicted molar refractivity (Wildman–Crippen MR) is 99.5 cm³/mol. The van der Waals surface area contributed by atoms with Crippen molar-refractivity contribution in [2.24, 2.45) is 0 Å². The second-order valence-electron chi connectivity index (χ2n) is 6.87. The molecule has 1 heterocycles. The lowest BCUT2D eigenvalue weighted by atomic mass is 9.99. The number of benzene rings is 1. The minimum absolute atomic E-state index is 0.327. The maximum atomic E-state index is 12.4. The van der Waals surface area contributed by atoms with Crippen molar-refractivity contribution >= 4 is 21.7 Å². The number of aromatic nitrogens is 1. The second kappa shape index (κ2) is 6.72. The average Bonchev–Trinajstić information content (AvgIpc) is 3.23. The van der Waals surface area contributed by atoms with Crippen molar-refractivity contribution in [2.75, 3.05) is 5.32 Å². The number of amides is 2. The van der Waals surface area contributed by atoms with Gasteiger partial charge < -0.3 is 5.32 Å². The molecule has 136 valence electrons. The normalized spacial score (nSPS) is 15.4. The molecule has 0 saturated heterocycles. The van der Waals surface area contributed by atoms with E-state index in [2.05, 4.69) is 21.1 Å². The molecule has 0 atom stereocenters. The first-order valence-electron chi connectivity index (χ1n) is 8.90. The van der Waals surface area contributed by atoms with Crippen LogP contribution in [0.4, 0.5) is 10.5 Å². The quantitative estimate of drug-likeness (QED) is 0.865. The highest BCUT2D eigenvalue weighted by Gasteiger charge is 2.26. The smallest absolute Gasteiger partial charge is 0.307 e. The Labute approximate surface area is 153 Å². The van der Waals surface area contributed by atoms with E-state index in [1.165, 1.54) is 28.5 Å². The zero-order valence-corrected chi connectivity index (χ0v) is 15.2. The van der Waals surface area contributed by atoms with Crippen molar-refractivity contribution in [3.05, 3.63) is 58.4 Å². The van der Waals surface area contributed by atoms with E-state index in [1.54, 1.807) is 18.2 Å². The van der Waals surface area contributed by atoms with Crippen molar-refractivity contribution in [3.63, 3.8) is 0 Å². The Morgan fingerprint density at radius 2 is 1.73 bits per heavy atom. The van der Waals surface area contributed by atoms with E-state index in [0.29, 0.717) is 5.69 Å². The van der Waals surface area contributed by atoms with Crippen molar-refractivity contribution in [1.82, 2.24) is 9.71 Å². The molecule has 0 radical (unpaired) electrons. The first-order chi connectivity index (χ1) is 12.5. The van der Waals surface area contributed by atoms with Gasteiger partial charge in [0.1, 0.15) is 5.75 Å². The van der Waals surface area contributed by atoms with Gasteiger partial charge in [0, 0.05) is 11.9 Å². The number of urea groups is 1. The Kier molecular flexibility index (Phi) is 4.40. The third-order valence-electron chi connectivity index (χ3n) is 5.02. The van der Waals surface area contributed by atoms with Crippen molar-refractivity contribution < 1.29 is 13.2 Å². The number of anilines is 1. The molecule has 4 rings (SSSR count). The molecule has 2 amide bonds. The van der Waals surface area contributed by atoms with Crippen LogP contribution in [0.2, 0.25) is 0 Å². The minimum atomic E-state index is -3.81. The largest absolute Gasteiger partial charge is 0.332 e. The fraction of sp³-hybridized carbons (Fsp3) is 0.368. The summed E-state index contributed by atoms with van der Waals surface area (Å²) in [6, 6.07) is 6.62. The lowest BCUT2D eigenvalue weighted by Crippen LogP contribution is -2.35. The predicted octanol–water partition coefficient (Wildman–Crippen LogP) is 2.71. The molecule has 0 aliphatic heterocycles. The molecular weight excluding hydrogens is 350 g/mol. The number of hydrogen-bond acceptors (Lipinski definition) is 4. The highest BCUT2D eigenvalue weighted by molar-refractivity contribution is 7.89. The van der Waals surface area contributed by atoms with Crippen molar-refractivity contribution in [3.8, 4) is 0 Å². The van der Waals surface area contributed by atoms with Crippen LogP contribution in [0.25, 0.3) is 0 Å². The van der Waals surface area contributed by atoms with Crippen molar-refractivity contribution in [2.45, 2.75) is 44.3 Å². The van der Waals surface area contributed by atoms with Gasteiger partial charge in [0.15, 0.2) is 0 Å². The molecule has 2 aromatic rings. The fourth-order valence-electron chi connectivity index (χ4n) is 3.96. The summed E-state index contributed by atoms with van der Waals surface area (Å²) in [5.41, 5.74) is 6.15. The van der Waals surface area contributed by atoms with E-state index in [-0.39, 0.29) is 5.75 Å². The number of nitrogens with zero attached hydrogens (tertiary/aromatic N) is 1. The van der Waals surface area contributed by atoms with Crippen LogP contribution in [0.3, 0.4) is 0 Å². The van der Waals surface area contributed by atoms with E-state index in [4.69, 9.17) is 0 Å². The van der Waals surface area contributed by atoms with Gasteiger partial charge in [-0.1, -0.05) is 12.1 Å². The number of fused-ring (bicyclic) bond motifs is 2. The summed E-state index contributed by atoms with van der Waals surface area (Å²) >= 11 is 0. The zero-order chi connectivity index (χ0) is 18.1. The summed E-state index contributed by atoms with van der Waals surface area (Å²) in [5.74, 6) is -0.327. The number of hydrogen-bond donors (Lipinski definition) is 2. The van der Waals surface area contributed by atoms with Crippen LogP contribution in [0.5, 0.6) is 0 Å². The molecular formula is C19H21N3O3S. The first-order valence-corrected chi connectivity index (χ1v) is 10.5. The molecule has 6 nitrogen and oxygen atoms in total. The molecule has 1 aromatic heterocycles. The standard InChI is InChI=1S/C19H21N3O3S/c23-19(22-26(24,25)12-15-7-1-2-10-20-15)21-18-16-8-3-5-13(16)11-14-6-4-9-17(14)18/h1-2,7,10-11H,3-6,8-9,12H2,(H2,21,22,23). The molecule has 0 bridgehead atoms. The molecule has 0 fully saturated rings. The number of sulfonamides is 1. The second-order valence-corrected chi connectivity index (χ2v) is 8.59. The molecule has 0 spiro atoms. The van der Waals surface area contributed by atoms with Crippen LogP contribution < -0.4 is 10.0 Å². The van der Waals surface area contributed by atoms with E-state index in [0.717, 1.165) is 44.2 Å². The topological polar surface area (TPSA) is 88.2 Å². The van der Waals surface area contributed by atoms with Gasteiger partial charge in [0.25, 0.3) is 0 Å². The summed E-state index contributed by atoms with van der Waals surface area (Å²) in [7, 11) is -3.81. The average molecular weight is 371 g/mol. The summed E-state index contributed by atoms with van der Waals surface area (Å²) in [4.78, 5) is 16.4.